The maximum absolute atomic E-state index is 12.5. The first-order valence-corrected chi connectivity index (χ1v) is 8.84. The third-order valence-electron chi connectivity index (χ3n) is 4.24. The molecule has 140 valence electrons. The monoisotopic (exact) mass is 406 g/mol. The first-order valence-electron chi connectivity index (χ1n) is 8.09. The molecule has 0 spiro atoms. The minimum Gasteiger partial charge on any atom is -0.476 e. The van der Waals surface area contributed by atoms with Gasteiger partial charge < -0.3 is 14.8 Å². The number of anilines is 1. The molecule has 1 unspecified atom stereocenters. The zero-order valence-corrected chi connectivity index (χ0v) is 16.3. The molecule has 1 aromatic carbocycles. The van der Waals surface area contributed by atoms with Gasteiger partial charge >= 0.3 is 5.97 Å². The van der Waals surface area contributed by atoms with Crippen LogP contribution in [0.3, 0.4) is 0 Å². The van der Waals surface area contributed by atoms with Crippen molar-refractivity contribution in [3.63, 3.8) is 0 Å². The fraction of sp³-hybridized carbons (Fsp3) is 0.211. The Balaban J connectivity index is 2.13. The molecule has 3 aromatic rings. The number of carbonyl (C=O) groups is 1. The minimum atomic E-state index is -1.20. The highest BCUT2D eigenvalue weighted by Gasteiger charge is 2.20. The number of carboxylic acids is 1. The Kier molecular flexibility index (Phi) is 5.13. The van der Waals surface area contributed by atoms with E-state index >= 15 is 0 Å². The average Bonchev–Trinajstić information content (AvgIpc) is 2.61. The lowest BCUT2D eigenvalue weighted by Crippen LogP contribution is -2.14. The van der Waals surface area contributed by atoms with Gasteiger partial charge in [-0.3, -0.25) is 4.79 Å². The molecule has 3 rings (SSSR count). The summed E-state index contributed by atoms with van der Waals surface area (Å²) < 4.78 is 5.69. The van der Waals surface area contributed by atoms with Crippen LogP contribution < -0.4 is 10.7 Å². The van der Waals surface area contributed by atoms with Gasteiger partial charge in [0.1, 0.15) is 10.7 Å². The van der Waals surface area contributed by atoms with E-state index in [2.05, 4.69) is 10.3 Å². The second kappa shape index (κ2) is 7.21. The zero-order chi connectivity index (χ0) is 19.9. The molecule has 27 heavy (non-hydrogen) atoms. The van der Waals surface area contributed by atoms with E-state index in [9.17, 15) is 14.7 Å². The van der Waals surface area contributed by atoms with Crippen LogP contribution in [0.25, 0.3) is 11.0 Å². The van der Waals surface area contributed by atoms with Crippen molar-refractivity contribution < 1.29 is 14.3 Å². The maximum Gasteiger partial charge on any atom is 0.356 e. The molecule has 2 aromatic heterocycles. The van der Waals surface area contributed by atoms with E-state index < -0.39 is 12.0 Å². The molecule has 0 saturated carbocycles. The Labute approximate surface area is 164 Å². The molecular weight excluding hydrogens is 391 g/mol. The number of aromatic nitrogens is 1. The van der Waals surface area contributed by atoms with Crippen molar-refractivity contribution in [3.05, 3.63) is 67.2 Å². The molecule has 0 saturated heterocycles. The maximum atomic E-state index is 12.5. The van der Waals surface area contributed by atoms with Gasteiger partial charge in [-0.15, -0.1) is 0 Å². The Bertz CT molecular complexity index is 1120. The summed E-state index contributed by atoms with van der Waals surface area (Å²) in [7, 11) is 0. The molecule has 0 aliphatic rings. The summed E-state index contributed by atoms with van der Waals surface area (Å²) >= 11 is 11.9. The van der Waals surface area contributed by atoms with Crippen LogP contribution in [0.15, 0.2) is 33.5 Å². The molecule has 0 aliphatic carbocycles. The summed E-state index contributed by atoms with van der Waals surface area (Å²) in [5.41, 5.74) is 2.16. The van der Waals surface area contributed by atoms with Gasteiger partial charge in [0.05, 0.1) is 22.7 Å². The minimum absolute atomic E-state index is 0.0317. The van der Waals surface area contributed by atoms with Gasteiger partial charge in [0.15, 0.2) is 11.1 Å². The molecule has 0 radical (unpaired) electrons. The number of aryl methyl sites for hydroxylation is 1. The summed E-state index contributed by atoms with van der Waals surface area (Å²) in [4.78, 5) is 27.8. The molecule has 0 bridgehead atoms. The predicted octanol–water partition coefficient (Wildman–Crippen LogP) is 4.98. The van der Waals surface area contributed by atoms with Gasteiger partial charge in [-0.05, 0) is 56.1 Å². The molecule has 0 aliphatic heterocycles. The number of fused-ring (bicyclic) bond motifs is 1. The zero-order valence-electron chi connectivity index (χ0n) is 14.8. The first-order chi connectivity index (χ1) is 12.7. The number of carboxylic acid groups (broad SMARTS) is 1. The Morgan fingerprint density at radius 2 is 1.96 bits per heavy atom. The summed E-state index contributed by atoms with van der Waals surface area (Å²) in [6.07, 6.45) is 0. The van der Waals surface area contributed by atoms with Crippen LogP contribution in [0.2, 0.25) is 10.4 Å². The molecule has 0 fully saturated rings. The molecule has 8 heteroatoms. The van der Waals surface area contributed by atoms with Crippen LogP contribution in [-0.4, -0.2) is 16.1 Å². The number of hydrogen-bond acceptors (Lipinski definition) is 5. The van der Waals surface area contributed by atoms with Crippen molar-refractivity contribution in [2.24, 2.45) is 0 Å². The van der Waals surface area contributed by atoms with Gasteiger partial charge in [-0.1, -0.05) is 17.7 Å². The van der Waals surface area contributed by atoms with Crippen LogP contribution in [0.1, 0.15) is 40.1 Å². The molecule has 2 heterocycles. The molecular formula is C19H16Cl2N2O4. The van der Waals surface area contributed by atoms with E-state index in [1.165, 1.54) is 6.07 Å². The fourth-order valence-corrected chi connectivity index (χ4v) is 3.20. The SMILES string of the molecule is Cc1cc(C(C)Nc2ccc(Cl)nc2C(=O)O)c2oc(Cl)c(C)c(=O)c2c1. The van der Waals surface area contributed by atoms with Gasteiger partial charge in [0, 0.05) is 5.56 Å². The number of nitrogens with zero attached hydrogens (tertiary/aromatic N) is 1. The Hall–Kier alpha value is -2.57. The molecule has 2 N–H and O–H groups in total. The van der Waals surface area contributed by atoms with Crippen LogP contribution in [0, 0.1) is 13.8 Å². The fourth-order valence-electron chi connectivity index (χ4n) is 2.89. The van der Waals surface area contributed by atoms with Crippen molar-refractivity contribution >= 4 is 45.8 Å². The van der Waals surface area contributed by atoms with E-state index in [4.69, 9.17) is 27.6 Å². The molecule has 6 nitrogen and oxygen atoms in total. The van der Waals surface area contributed by atoms with Gasteiger partial charge in [-0.25, -0.2) is 9.78 Å². The number of nitrogens with one attached hydrogen (secondary N) is 1. The summed E-state index contributed by atoms with van der Waals surface area (Å²) in [6.45, 7) is 5.30. The van der Waals surface area contributed by atoms with Crippen molar-refractivity contribution in [2.75, 3.05) is 5.32 Å². The van der Waals surface area contributed by atoms with Gasteiger partial charge in [0.2, 0.25) is 5.22 Å². The van der Waals surface area contributed by atoms with Crippen LogP contribution in [0.5, 0.6) is 0 Å². The van der Waals surface area contributed by atoms with Crippen LogP contribution >= 0.6 is 23.2 Å². The van der Waals surface area contributed by atoms with Gasteiger partial charge in [-0.2, -0.15) is 0 Å². The summed E-state index contributed by atoms with van der Waals surface area (Å²) in [6, 6.07) is 6.25. The topological polar surface area (TPSA) is 92.4 Å². The van der Waals surface area contributed by atoms with E-state index in [-0.39, 0.29) is 21.5 Å². The number of hydrogen-bond donors (Lipinski definition) is 2. The van der Waals surface area contributed by atoms with Crippen LogP contribution in [0.4, 0.5) is 5.69 Å². The number of rotatable bonds is 4. The van der Waals surface area contributed by atoms with E-state index in [0.29, 0.717) is 27.8 Å². The highest BCUT2D eigenvalue weighted by Crippen LogP contribution is 2.30. The Morgan fingerprint density at radius 3 is 2.63 bits per heavy atom. The molecule has 0 amide bonds. The largest absolute Gasteiger partial charge is 0.476 e. The van der Waals surface area contributed by atoms with Gasteiger partial charge in [0.25, 0.3) is 0 Å². The molecule has 1 atom stereocenters. The second-order valence-electron chi connectivity index (χ2n) is 6.26. The number of halogens is 2. The van der Waals surface area contributed by atoms with Crippen molar-refractivity contribution in [1.82, 2.24) is 4.98 Å². The second-order valence-corrected chi connectivity index (χ2v) is 6.99. The standard InChI is InChI=1S/C19H16Cl2N2O4/c1-8-6-11(17-12(7-8)16(24)9(2)18(21)27-17)10(3)22-13-4-5-14(20)23-15(13)19(25)26/h4-7,10,22H,1-3H3,(H,25,26). The van der Waals surface area contributed by atoms with E-state index in [1.54, 1.807) is 19.1 Å². The lowest BCUT2D eigenvalue weighted by molar-refractivity contribution is 0.0691. The predicted molar refractivity (Wildman–Crippen MR) is 105 cm³/mol. The van der Waals surface area contributed by atoms with E-state index in [0.717, 1.165) is 5.56 Å². The number of pyridine rings is 1. The number of benzene rings is 1. The Morgan fingerprint density at radius 1 is 1.26 bits per heavy atom. The summed E-state index contributed by atoms with van der Waals surface area (Å²) in [5, 5.41) is 13.0. The first kappa shape index (κ1) is 19.2. The highest BCUT2D eigenvalue weighted by molar-refractivity contribution is 6.30. The lowest BCUT2D eigenvalue weighted by atomic mass is 10.0. The van der Waals surface area contributed by atoms with E-state index in [1.807, 2.05) is 19.9 Å². The van der Waals surface area contributed by atoms with Crippen molar-refractivity contribution in [2.45, 2.75) is 26.8 Å². The average molecular weight is 407 g/mol. The normalized spacial score (nSPS) is 12.2. The third-order valence-corrected chi connectivity index (χ3v) is 4.81. The lowest BCUT2D eigenvalue weighted by Gasteiger charge is -2.19. The summed E-state index contributed by atoms with van der Waals surface area (Å²) in [5.74, 6) is -1.20. The van der Waals surface area contributed by atoms with Crippen molar-refractivity contribution in [3.8, 4) is 0 Å². The van der Waals surface area contributed by atoms with Crippen molar-refractivity contribution in [1.29, 1.82) is 0 Å². The highest BCUT2D eigenvalue weighted by atomic mass is 35.5. The quantitative estimate of drug-likeness (QED) is 0.593. The third kappa shape index (κ3) is 3.63. The van der Waals surface area contributed by atoms with Crippen LogP contribution in [-0.2, 0) is 0 Å². The smallest absolute Gasteiger partial charge is 0.356 e. The number of aromatic carboxylic acids is 1.